The number of carbonyl (C=O) groups excluding carboxylic acids is 3. The van der Waals surface area contributed by atoms with Gasteiger partial charge in [0.05, 0.1) is 5.41 Å². The van der Waals surface area contributed by atoms with Gasteiger partial charge in [-0.15, -0.1) is 0 Å². The van der Waals surface area contributed by atoms with Gasteiger partial charge < -0.3 is 14.2 Å². The zero-order valence-electron chi connectivity index (χ0n) is 14.0. The van der Waals surface area contributed by atoms with Gasteiger partial charge in [-0.25, -0.2) is 4.79 Å². The minimum atomic E-state index is -0.747. The van der Waals surface area contributed by atoms with Gasteiger partial charge in [0, 0.05) is 45.1 Å². The second kappa shape index (κ2) is 4.36. The lowest BCUT2D eigenvalue weighted by atomic mass is 9.68. The van der Waals surface area contributed by atoms with Crippen molar-refractivity contribution in [3.8, 4) is 0 Å². The van der Waals surface area contributed by atoms with E-state index in [0.717, 1.165) is 0 Å². The average Bonchev–Trinajstić information content (AvgIpc) is 2.77. The summed E-state index contributed by atoms with van der Waals surface area (Å²) in [5.74, 6) is -1.17. The summed E-state index contributed by atoms with van der Waals surface area (Å²) in [4.78, 5) is 34.9. The highest BCUT2D eigenvalue weighted by atomic mass is 16.6. The van der Waals surface area contributed by atoms with Crippen LogP contribution in [0.25, 0.3) is 0 Å². The van der Waals surface area contributed by atoms with Crippen LogP contribution in [0.15, 0.2) is 12.2 Å². The van der Waals surface area contributed by atoms with Crippen LogP contribution in [-0.2, 0) is 28.6 Å². The van der Waals surface area contributed by atoms with E-state index in [-0.39, 0.29) is 11.9 Å². The third-order valence-corrected chi connectivity index (χ3v) is 5.48. The maximum Gasteiger partial charge on any atom is 0.333 e. The Hall–Kier alpha value is -1.85. The molecule has 0 aliphatic heterocycles. The first-order valence-electron chi connectivity index (χ1n) is 7.77. The molecule has 0 aromatic heterocycles. The highest BCUT2D eigenvalue weighted by Gasteiger charge is 2.94. The van der Waals surface area contributed by atoms with Crippen molar-refractivity contribution in [3.63, 3.8) is 0 Å². The highest BCUT2D eigenvalue weighted by Crippen LogP contribution is 2.86. The van der Waals surface area contributed by atoms with Crippen molar-refractivity contribution in [1.29, 1.82) is 0 Å². The molecular weight excluding hydrogens is 300 g/mol. The van der Waals surface area contributed by atoms with Crippen LogP contribution in [0.5, 0.6) is 0 Å². The Bertz CT molecular complexity index is 639. The van der Waals surface area contributed by atoms with E-state index in [1.54, 1.807) is 6.92 Å². The standard InChI is InChI=1S/C17H22O6/c1-10(2)13(20)23-16-7-14(5,21-11(3)18)6-15(16)8-17(15,9-16)22-12(4)19/h1,6-9H2,2-5H3. The largest absolute Gasteiger partial charge is 0.459 e. The Morgan fingerprint density at radius 3 is 1.91 bits per heavy atom. The zero-order valence-corrected chi connectivity index (χ0v) is 14.0. The molecule has 0 radical (unpaired) electrons. The summed E-state index contributed by atoms with van der Waals surface area (Å²) in [5.41, 5.74) is -2.17. The first-order valence-corrected chi connectivity index (χ1v) is 7.77. The number of carbonyl (C=O) groups is 3. The van der Waals surface area contributed by atoms with Gasteiger partial charge in [0.15, 0.2) is 0 Å². The number of hydrogen-bond acceptors (Lipinski definition) is 6. The van der Waals surface area contributed by atoms with Crippen molar-refractivity contribution in [2.75, 3.05) is 0 Å². The molecule has 0 aromatic rings. The van der Waals surface area contributed by atoms with Gasteiger partial charge in [0.25, 0.3) is 0 Å². The van der Waals surface area contributed by atoms with Crippen molar-refractivity contribution >= 4 is 17.9 Å². The molecule has 4 unspecified atom stereocenters. The number of ether oxygens (including phenoxy) is 3. The van der Waals surface area contributed by atoms with Crippen molar-refractivity contribution < 1.29 is 28.6 Å². The number of esters is 3. The molecule has 0 heterocycles. The molecule has 4 atom stereocenters. The Balaban J connectivity index is 1.89. The maximum atomic E-state index is 12.1. The summed E-state index contributed by atoms with van der Waals surface area (Å²) in [6.07, 6.45) is 2.04. The van der Waals surface area contributed by atoms with E-state index in [1.165, 1.54) is 13.8 Å². The van der Waals surface area contributed by atoms with E-state index >= 15 is 0 Å². The third-order valence-electron chi connectivity index (χ3n) is 5.48. The SMILES string of the molecule is C=C(C)C(=O)OC12CC(C)(OC(C)=O)CC13CC3(OC(C)=O)C2. The van der Waals surface area contributed by atoms with E-state index < -0.39 is 28.2 Å². The molecule has 3 fully saturated rings. The van der Waals surface area contributed by atoms with E-state index in [0.29, 0.717) is 31.3 Å². The zero-order chi connectivity index (χ0) is 17.3. The van der Waals surface area contributed by atoms with Gasteiger partial charge in [0.2, 0.25) is 0 Å². The molecular formula is C17H22O6. The lowest BCUT2D eigenvalue weighted by molar-refractivity contribution is -0.208. The van der Waals surface area contributed by atoms with Crippen LogP contribution in [0, 0.1) is 5.41 Å². The van der Waals surface area contributed by atoms with Crippen molar-refractivity contribution in [2.45, 2.75) is 70.2 Å². The molecule has 0 saturated heterocycles. The number of rotatable bonds is 4. The molecule has 6 heteroatoms. The average molecular weight is 322 g/mol. The van der Waals surface area contributed by atoms with E-state index in [1.807, 2.05) is 6.92 Å². The molecule has 126 valence electrons. The summed E-state index contributed by atoms with van der Waals surface area (Å²) in [5, 5.41) is 0. The van der Waals surface area contributed by atoms with Crippen LogP contribution in [0.3, 0.4) is 0 Å². The van der Waals surface area contributed by atoms with Crippen molar-refractivity contribution in [3.05, 3.63) is 12.2 Å². The monoisotopic (exact) mass is 322 g/mol. The molecule has 0 amide bonds. The van der Waals surface area contributed by atoms with Gasteiger partial charge >= 0.3 is 17.9 Å². The van der Waals surface area contributed by atoms with Crippen LogP contribution < -0.4 is 0 Å². The van der Waals surface area contributed by atoms with E-state index in [4.69, 9.17) is 14.2 Å². The molecule has 3 saturated carbocycles. The van der Waals surface area contributed by atoms with Gasteiger partial charge in [-0.3, -0.25) is 9.59 Å². The minimum absolute atomic E-state index is 0.321. The normalized spacial score (nSPS) is 42.6. The first kappa shape index (κ1) is 16.0. The Kier molecular flexibility index (Phi) is 3.04. The van der Waals surface area contributed by atoms with Crippen molar-refractivity contribution in [1.82, 2.24) is 0 Å². The third kappa shape index (κ3) is 2.03. The van der Waals surface area contributed by atoms with Gasteiger partial charge in [-0.2, -0.15) is 0 Å². The molecule has 3 aliphatic rings. The van der Waals surface area contributed by atoms with Crippen LogP contribution in [0.1, 0.15) is 53.4 Å². The minimum Gasteiger partial charge on any atom is -0.459 e. The smallest absolute Gasteiger partial charge is 0.333 e. The predicted octanol–water partition coefficient (Wildman–Crippen LogP) is 2.06. The summed E-state index contributed by atoms with van der Waals surface area (Å²) >= 11 is 0. The molecule has 23 heavy (non-hydrogen) atoms. The quantitative estimate of drug-likeness (QED) is 0.448. The maximum absolute atomic E-state index is 12.1. The Labute approximate surface area is 135 Å². The molecule has 0 N–H and O–H groups in total. The van der Waals surface area contributed by atoms with Crippen LogP contribution >= 0.6 is 0 Å². The first-order chi connectivity index (χ1) is 10.5. The second-order valence-corrected chi connectivity index (χ2v) is 7.58. The van der Waals surface area contributed by atoms with Gasteiger partial charge in [-0.1, -0.05) is 6.58 Å². The van der Waals surface area contributed by atoms with E-state index in [2.05, 4.69) is 6.58 Å². The van der Waals surface area contributed by atoms with Crippen LogP contribution in [0.4, 0.5) is 0 Å². The number of hydrogen-bond donors (Lipinski definition) is 0. The van der Waals surface area contributed by atoms with E-state index in [9.17, 15) is 14.4 Å². The summed E-state index contributed by atoms with van der Waals surface area (Å²) in [7, 11) is 0. The van der Waals surface area contributed by atoms with Crippen molar-refractivity contribution in [2.24, 2.45) is 5.41 Å². The lowest BCUT2D eigenvalue weighted by Gasteiger charge is -2.48. The summed E-state index contributed by atoms with van der Waals surface area (Å²) in [6, 6.07) is 0. The molecule has 3 aliphatic carbocycles. The highest BCUT2D eigenvalue weighted by molar-refractivity contribution is 5.87. The van der Waals surface area contributed by atoms with Crippen LogP contribution in [-0.4, -0.2) is 34.7 Å². The topological polar surface area (TPSA) is 78.9 Å². The molecule has 0 aromatic carbocycles. The summed E-state index contributed by atoms with van der Waals surface area (Å²) in [6.45, 7) is 9.79. The fraction of sp³-hybridized carbons (Fsp3) is 0.706. The summed E-state index contributed by atoms with van der Waals surface area (Å²) < 4.78 is 16.8. The fourth-order valence-corrected chi connectivity index (χ4v) is 4.99. The van der Waals surface area contributed by atoms with Crippen LogP contribution in [0.2, 0.25) is 0 Å². The molecule has 0 bridgehead atoms. The lowest BCUT2D eigenvalue weighted by Crippen LogP contribution is -2.58. The van der Waals surface area contributed by atoms with Gasteiger partial charge in [-0.05, 0) is 13.8 Å². The predicted molar refractivity (Wildman–Crippen MR) is 79.2 cm³/mol. The fourth-order valence-electron chi connectivity index (χ4n) is 4.99. The Morgan fingerprint density at radius 2 is 1.39 bits per heavy atom. The molecule has 1 spiro atoms. The molecule has 3 rings (SSSR count). The molecule has 6 nitrogen and oxygen atoms in total. The Morgan fingerprint density at radius 1 is 0.826 bits per heavy atom. The van der Waals surface area contributed by atoms with Gasteiger partial charge in [0.1, 0.15) is 16.8 Å². The second-order valence-electron chi connectivity index (χ2n) is 7.58.